The zero-order valence-corrected chi connectivity index (χ0v) is 30.1. The van der Waals surface area contributed by atoms with E-state index in [1.807, 2.05) is 71.0 Å². The molecule has 1 aromatic rings. The number of amides is 4. The van der Waals surface area contributed by atoms with Gasteiger partial charge in [0.05, 0.1) is 24.7 Å². The molecule has 10 nitrogen and oxygen atoms in total. The highest BCUT2D eigenvalue weighted by atomic mass is 16.3. The number of aliphatic hydroxyl groups is 1. The van der Waals surface area contributed by atoms with Crippen molar-refractivity contribution in [2.75, 3.05) is 26.7 Å². The van der Waals surface area contributed by atoms with Crippen LogP contribution in [-0.2, 0) is 19.2 Å². The summed E-state index contributed by atoms with van der Waals surface area (Å²) in [5, 5.41) is 16.0. The number of likely N-dealkylation sites (tertiary alicyclic amines) is 2. The molecule has 0 saturated carbocycles. The van der Waals surface area contributed by atoms with E-state index in [1.54, 1.807) is 23.8 Å². The van der Waals surface area contributed by atoms with Gasteiger partial charge in [-0.2, -0.15) is 0 Å². The van der Waals surface area contributed by atoms with E-state index in [-0.39, 0.29) is 48.2 Å². The molecule has 0 aliphatic carbocycles. The third kappa shape index (κ3) is 9.66. The van der Waals surface area contributed by atoms with Gasteiger partial charge in [0.15, 0.2) is 0 Å². The van der Waals surface area contributed by atoms with E-state index in [2.05, 4.69) is 29.4 Å². The number of hydrogen-bond acceptors (Lipinski definition) is 6. The Morgan fingerprint density at radius 3 is 2.13 bits per heavy atom. The second-order valence-electron chi connectivity index (χ2n) is 15.0. The van der Waals surface area contributed by atoms with Gasteiger partial charge in [-0.1, -0.05) is 77.4 Å². The Morgan fingerprint density at radius 2 is 1.55 bits per heavy atom. The van der Waals surface area contributed by atoms with Gasteiger partial charge in [-0.05, 0) is 69.9 Å². The Kier molecular flexibility index (Phi) is 13.6. The second kappa shape index (κ2) is 16.7. The van der Waals surface area contributed by atoms with E-state index in [0.717, 1.165) is 31.4 Å². The van der Waals surface area contributed by atoms with Gasteiger partial charge in [0, 0.05) is 25.2 Å². The summed E-state index contributed by atoms with van der Waals surface area (Å²) in [5.74, 6) is -0.885. The number of aliphatic hydroxyl groups excluding tert-OH is 1. The summed E-state index contributed by atoms with van der Waals surface area (Å²) in [7, 11) is 1.73. The average Bonchev–Trinajstić information content (AvgIpc) is 3.53. The predicted octanol–water partition coefficient (Wildman–Crippen LogP) is 4.05. The van der Waals surface area contributed by atoms with Crippen molar-refractivity contribution in [1.82, 2.24) is 25.3 Å². The largest absolute Gasteiger partial charge is 0.394 e. The standard InChI is InChI=1S/C37H59N5O5/c1-24(2)31(40(9)36(47)32(37(6,7)8)39-34(45)29-18-13-14-20-41(29)25(3)4)22-26(5)35(46)42-21-15-19-30(42)33(44)38-28(23-43)27-16-11-10-12-17-27/h10-12,16-17,22,24-25,28-32,43H,13-15,18-21,23H2,1-9H3,(H,38,44)(H,39,45)/t28-,29-,30+,31?,32-/m1/s1. The number of nitrogens with zero attached hydrogens (tertiary/aromatic N) is 3. The van der Waals surface area contributed by atoms with Crippen molar-refractivity contribution in [2.45, 2.75) is 124 Å². The summed E-state index contributed by atoms with van der Waals surface area (Å²) in [6, 6.07) is 6.86. The number of rotatable bonds is 12. The number of likely N-dealkylation sites (N-methyl/N-ethyl adjacent to an activating group) is 1. The van der Waals surface area contributed by atoms with Crippen LogP contribution in [0.5, 0.6) is 0 Å². The van der Waals surface area contributed by atoms with Crippen LogP contribution in [0.4, 0.5) is 0 Å². The lowest BCUT2D eigenvalue weighted by molar-refractivity contribution is -0.142. The van der Waals surface area contributed by atoms with Crippen LogP contribution in [0, 0.1) is 11.3 Å². The Labute approximate surface area is 282 Å². The fourth-order valence-corrected chi connectivity index (χ4v) is 6.87. The quantitative estimate of drug-likeness (QED) is 0.293. The minimum absolute atomic E-state index is 0.0216. The molecular formula is C37H59N5O5. The first-order valence-corrected chi connectivity index (χ1v) is 17.4. The Balaban J connectivity index is 1.77. The molecule has 2 saturated heterocycles. The summed E-state index contributed by atoms with van der Waals surface area (Å²) < 4.78 is 0. The number of nitrogens with one attached hydrogen (secondary N) is 2. The molecule has 1 aromatic carbocycles. The molecule has 0 radical (unpaired) electrons. The van der Waals surface area contributed by atoms with E-state index in [0.29, 0.717) is 25.0 Å². The number of hydrogen-bond donors (Lipinski definition) is 3. The molecule has 3 rings (SSSR count). The molecule has 1 unspecified atom stereocenters. The monoisotopic (exact) mass is 653 g/mol. The molecule has 3 N–H and O–H groups in total. The molecule has 2 aliphatic heterocycles. The van der Waals surface area contributed by atoms with Crippen molar-refractivity contribution in [3.05, 3.63) is 47.5 Å². The molecule has 47 heavy (non-hydrogen) atoms. The molecule has 2 heterocycles. The van der Waals surface area contributed by atoms with Crippen molar-refractivity contribution in [1.29, 1.82) is 0 Å². The molecule has 4 amide bonds. The number of carbonyl (C=O) groups is 4. The number of piperidine rings is 1. The maximum atomic E-state index is 14.2. The second-order valence-corrected chi connectivity index (χ2v) is 15.0. The van der Waals surface area contributed by atoms with Gasteiger partial charge in [-0.15, -0.1) is 0 Å². The lowest BCUT2D eigenvalue weighted by atomic mass is 9.84. The van der Waals surface area contributed by atoms with Gasteiger partial charge < -0.3 is 25.5 Å². The predicted molar refractivity (Wildman–Crippen MR) is 185 cm³/mol. The summed E-state index contributed by atoms with van der Waals surface area (Å²) >= 11 is 0. The van der Waals surface area contributed by atoms with Crippen LogP contribution in [0.1, 0.15) is 99.1 Å². The zero-order chi connectivity index (χ0) is 35.1. The Morgan fingerprint density at radius 1 is 0.936 bits per heavy atom. The minimum Gasteiger partial charge on any atom is -0.394 e. The molecule has 2 fully saturated rings. The van der Waals surface area contributed by atoms with E-state index in [4.69, 9.17) is 0 Å². The van der Waals surface area contributed by atoms with Gasteiger partial charge in [0.2, 0.25) is 23.6 Å². The van der Waals surface area contributed by atoms with Gasteiger partial charge in [0.25, 0.3) is 0 Å². The zero-order valence-electron chi connectivity index (χ0n) is 30.1. The molecule has 5 atom stereocenters. The lowest BCUT2D eigenvalue weighted by Crippen LogP contribution is -2.60. The summed E-state index contributed by atoms with van der Waals surface area (Å²) in [6.45, 7) is 16.9. The van der Waals surface area contributed by atoms with Crippen LogP contribution in [-0.4, -0.2) is 100 Å². The average molecular weight is 654 g/mol. The molecule has 0 spiro atoms. The van der Waals surface area contributed by atoms with Crippen molar-refractivity contribution in [3.8, 4) is 0 Å². The maximum absolute atomic E-state index is 14.2. The van der Waals surface area contributed by atoms with Gasteiger partial charge in [-0.3, -0.25) is 24.1 Å². The summed E-state index contributed by atoms with van der Waals surface area (Å²) in [5.41, 5.74) is 0.705. The highest BCUT2D eigenvalue weighted by molar-refractivity contribution is 5.97. The molecule has 0 bridgehead atoms. The molecule has 0 aromatic heterocycles. The van der Waals surface area contributed by atoms with Crippen LogP contribution >= 0.6 is 0 Å². The lowest BCUT2D eigenvalue weighted by Gasteiger charge is -2.41. The highest BCUT2D eigenvalue weighted by Gasteiger charge is 2.40. The highest BCUT2D eigenvalue weighted by Crippen LogP contribution is 2.27. The van der Waals surface area contributed by atoms with Crippen LogP contribution in [0.15, 0.2) is 42.0 Å². The molecular weight excluding hydrogens is 594 g/mol. The fourth-order valence-electron chi connectivity index (χ4n) is 6.87. The van der Waals surface area contributed by atoms with E-state index >= 15 is 0 Å². The van der Waals surface area contributed by atoms with Crippen LogP contribution in [0.3, 0.4) is 0 Å². The SMILES string of the molecule is CC(=CC(C(C)C)N(C)C(=O)[C@@H](NC(=O)[C@H]1CCCCN1C(C)C)C(C)(C)C)C(=O)N1CCC[C@H]1C(=O)N[C@H](CO)c1ccccc1. The first-order chi connectivity index (χ1) is 22.1. The van der Waals surface area contributed by atoms with Crippen LogP contribution in [0.25, 0.3) is 0 Å². The molecule has 2 aliphatic rings. The normalized spacial score (nSPS) is 21.4. The first kappa shape index (κ1) is 38.2. The van der Waals surface area contributed by atoms with Crippen LogP contribution in [0.2, 0.25) is 0 Å². The number of carbonyl (C=O) groups excluding carboxylic acids is 4. The van der Waals surface area contributed by atoms with Crippen molar-refractivity contribution in [3.63, 3.8) is 0 Å². The van der Waals surface area contributed by atoms with Crippen LogP contribution < -0.4 is 10.6 Å². The van der Waals surface area contributed by atoms with Crippen molar-refractivity contribution >= 4 is 23.6 Å². The topological polar surface area (TPSA) is 122 Å². The first-order valence-electron chi connectivity index (χ1n) is 17.4. The van der Waals surface area contributed by atoms with Crippen molar-refractivity contribution < 1.29 is 24.3 Å². The van der Waals surface area contributed by atoms with Crippen molar-refractivity contribution in [2.24, 2.45) is 11.3 Å². The van der Waals surface area contributed by atoms with Gasteiger partial charge >= 0.3 is 0 Å². The smallest absolute Gasteiger partial charge is 0.249 e. The Bertz CT molecular complexity index is 1260. The summed E-state index contributed by atoms with van der Waals surface area (Å²) in [6.07, 6.45) is 5.87. The van der Waals surface area contributed by atoms with E-state index < -0.39 is 29.6 Å². The van der Waals surface area contributed by atoms with E-state index in [1.165, 1.54) is 0 Å². The number of benzene rings is 1. The molecule has 10 heteroatoms. The third-order valence-electron chi connectivity index (χ3n) is 9.66. The van der Waals surface area contributed by atoms with Gasteiger partial charge in [-0.25, -0.2) is 0 Å². The van der Waals surface area contributed by atoms with E-state index in [9.17, 15) is 24.3 Å². The minimum atomic E-state index is -0.752. The van der Waals surface area contributed by atoms with Gasteiger partial charge in [0.1, 0.15) is 12.1 Å². The maximum Gasteiger partial charge on any atom is 0.249 e. The Hall–Kier alpha value is -3.24. The fraction of sp³-hybridized carbons (Fsp3) is 0.676. The summed E-state index contributed by atoms with van der Waals surface area (Å²) in [4.78, 5) is 60.4. The molecule has 262 valence electrons. The third-order valence-corrected chi connectivity index (χ3v) is 9.66.